The maximum atomic E-state index is 11.6. The van der Waals surface area contributed by atoms with Crippen LogP contribution in [0.2, 0.25) is 0 Å². The van der Waals surface area contributed by atoms with Crippen molar-refractivity contribution in [2.75, 3.05) is 34.4 Å². The van der Waals surface area contributed by atoms with Crippen molar-refractivity contribution in [3.63, 3.8) is 0 Å². The van der Waals surface area contributed by atoms with Gasteiger partial charge in [-0.25, -0.2) is 0 Å². The van der Waals surface area contributed by atoms with Gasteiger partial charge >= 0.3 is 5.97 Å². The maximum Gasteiger partial charge on any atom is 0.327 e. The highest BCUT2D eigenvalue weighted by Crippen LogP contribution is 2.20. The predicted molar refractivity (Wildman–Crippen MR) is 69.9 cm³/mol. The average molecular weight is 254 g/mol. The molecule has 5 nitrogen and oxygen atoms in total. The summed E-state index contributed by atoms with van der Waals surface area (Å²) in [7, 11) is 5.20. The molecule has 5 heteroatoms. The van der Waals surface area contributed by atoms with E-state index in [2.05, 4.69) is 6.58 Å². The van der Waals surface area contributed by atoms with Crippen LogP contribution in [0.5, 0.6) is 0 Å². The Hall–Kier alpha value is -1.17. The van der Waals surface area contributed by atoms with Crippen LogP contribution in [0, 0.1) is 0 Å². The van der Waals surface area contributed by atoms with Gasteiger partial charge in [-0.3, -0.25) is 14.5 Å². The van der Waals surface area contributed by atoms with Crippen molar-refractivity contribution in [1.82, 2.24) is 9.96 Å². The number of carbonyl (C=O) groups is 1. The third-order valence-corrected chi connectivity index (χ3v) is 3.16. The van der Waals surface area contributed by atoms with Gasteiger partial charge in [0, 0.05) is 13.6 Å². The SMILES string of the molecule is C=CCON(C)[C@H]1CN(C)[C@H](C(=O)OC)C=C1C. The lowest BCUT2D eigenvalue weighted by Gasteiger charge is -2.37. The van der Waals surface area contributed by atoms with E-state index in [1.165, 1.54) is 7.11 Å². The van der Waals surface area contributed by atoms with E-state index in [4.69, 9.17) is 9.57 Å². The summed E-state index contributed by atoms with van der Waals surface area (Å²) in [6.07, 6.45) is 3.63. The predicted octanol–water partition coefficient (Wildman–Crippen LogP) is 0.838. The Bertz CT molecular complexity index is 341. The van der Waals surface area contributed by atoms with Crippen LogP contribution in [0.3, 0.4) is 0 Å². The molecule has 18 heavy (non-hydrogen) atoms. The molecule has 0 N–H and O–H groups in total. The molecule has 2 atom stereocenters. The summed E-state index contributed by atoms with van der Waals surface area (Å²) in [5.74, 6) is -0.232. The third kappa shape index (κ3) is 3.41. The van der Waals surface area contributed by atoms with E-state index in [9.17, 15) is 4.79 Å². The van der Waals surface area contributed by atoms with Crippen molar-refractivity contribution in [3.8, 4) is 0 Å². The zero-order chi connectivity index (χ0) is 13.7. The molecule has 0 aromatic carbocycles. The minimum atomic E-state index is -0.306. The standard InChI is InChI=1S/C13H22N2O3/c1-6-7-18-15(4)12-9-14(3)11(8-10(12)2)13(16)17-5/h6,8,11-12H,1,7,9H2,2-5H3/t11-,12-/m0/s1. The van der Waals surface area contributed by atoms with Gasteiger partial charge in [0.05, 0.1) is 19.8 Å². The minimum absolute atomic E-state index is 0.135. The van der Waals surface area contributed by atoms with E-state index < -0.39 is 0 Å². The molecule has 1 heterocycles. The lowest BCUT2D eigenvalue weighted by molar-refractivity contribution is -0.159. The summed E-state index contributed by atoms with van der Waals surface area (Å²) in [6, 6.07) is -0.171. The normalized spacial score (nSPS) is 24.8. The van der Waals surface area contributed by atoms with Crippen LogP contribution in [-0.4, -0.2) is 62.4 Å². The number of hydroxylamine groups is 2. The van der Waals surface area contributed by atoms with Crippen molar-refractivity contribution < 1.29 is 14.4 Å². The van der Waals surface area contributed by atoms with Crippen LogP contribution in [0.1, 0.15) is 6.92 Å². The van der Waals surface area contributed by atoms with Crippen LogP contribution in [0.15, 0.2) is 24.3 Å². The van der Waals surface area contributed by atoms with E-state index in [0.717, 1.165) is 12.1 Å². The van der Waals surface area contributed by atoms with Crippen LogP contribution in [0.4, 0.5) is 0 Å². The van der Waals surface area contributed by atoms with Gasteiger partial charge in [0.25, 0.3) is 0 Å². The molecule has 0 aromatic rings. The lowest BCUT2D eigenvalue weighted by Crippen LogP contribution is -2.51. The molecule has 0 radical (unpaired) electrons. The van der Waals surface area contributed by atoms with E-state index >= 15 is 0 Å². The van der Waals surface area contributed by atoms with Crippen LogP contribution in [0.25, 0.3) is 0 Å². The van der Waals surface area contributed by atoms with Crippen LogP contribution in [-0.2, 0) is 14.4 Å². The molecule has 0 aromatic heterocycles. The summed E-state index contributed by atoms with van der Waals surface area (Å²) < 4.78 is 4.79. The van der Waals surface area contributed by atoms with Gasteiger partial charge in [-0.15, -0.1) is 6.58 Å². The first-order valence-electron chi connectivity index (χ1n) is 5.94. The topological polar surface area (TPSA) is 42.0 Å². The molecule has 0 unspecified atom stereocenters. The highest BCUT2D eigenvalue weighted by Gasteiger charge is 2.32. The largest absolute Gasteiger partial charge is 0.468 e. The van der Waals surface area contributed by atoms with Crippen molar-refractivity contribution in [2.24, 2.45) is 0 Å². The Labute approximate surface area is 109 Å². The van der Waals surface area contributed by atoms with E-state index in [1.54, 1.807) is 11.1 Å². The molecule has 0 spiro atoms. The number of methoxy groups -OCH3 is 1. The molecule has 0 aliphatic carbocycles. The van der Waals surface area contributed by atoms with Gasteiger partial charge in [-0.1, -0.05) is 17.7 Å². The molecular weight excluding hydrogens is 232 g/mol. The summed E-state index contributed by atoms with van der Waals surface area (Å²) >= 11 is 0. The molecule has 0 saturated carbocycles. The molecule has 0 fully saturated rings. The van der Waals surface area contributed by atoms with Crippen LogP contribution >= 0.6 is 0 Å². The number of likely N-dealkylation sites (N-methyl/N-ethyl adjacent to an activating group) is 2. The third-order valence-electron chi connectivity index (χ3n) is 3.16. The number of nitrogens with zero attached hydrogens (tertiary/aromatic N) is 2. The molecular formula is C13H22N2O3. The van der Waals surface area contributed by atoms with Gasteiger partial charge in [0.2, 0.25) is 0 Å². The van der Waals surface area contributed by atoms with Crippen molar-refractivity contribution >= 4 is 5.97 Å². The lowest BCUT2D eigenvalue weighted by atomic mass is 9.99. The van der Waals surface area contributed by atoms with Gasteiger partial charge in [-0.05, 0) is 14.0 Å². The average Bonchev–Trinajstić information content (AvgIpc) is 2.37. The van der Waals surface area contributed by atoms with Gasteiger partial charge in [0.15, 0.2) is 0 Å². The second kappa shape index (κ2) is 6.68. The molecule has 1 aliphatic rings. The number of ether oxygens (including phenoxy) is 1. The fraction of sp³-hybridized carbons (Fsp3) is 0.615. The van der Waals surface area contributed by atoms with Gasteiger partial charge in [0.1, 0.15) is 6.04 Å². The summed E-state index contributed by atoms with van der Waals surface area (Å²) in [5, 5.41) is 1.80. The van der Waals surface area contributed by atoms with E-state index in [0.29, 0.717) is 6.61 Å². The van der Waals surface area contributed by atoms with E-state index in [-0.39, 0.29) is 18.1 Å². The first kappa shape index (κ1) is 14.9. The Kier molecular flexibility index (Phi) is 5.53. The maximum absolute atomic E-state index is 11.6. The minimum Gasteiger partial charge on any atom is -0.468 e. The zero-order valence-electron chi connectivity index (χ0n) is 11.5. The Balaban J connectivity index is 2.75. The summed E-state index contributed by atoms with van der Waals surface area (Å²) in [6.45, 7) is 6.82. The van der Waals surface area contributed by atoms with Crippen molar-refractivity contribution in [2.45, 2.75) is 19.0 Å². The van der Waals surface area contributed by atoms with Crippen LogP contribution < -0.4 is 0 Å². The highest BCUT2D eigenvalue weighted by atomic mass is 16.7. The Morgan fingerprint density at radius 1 is 1.72 bits per heavy atom. The second-order valence-electron chi connectivity index (χ2n) is 4.46. The second-order valence-corrected chi connectivity index (χ2v) is 4.46. The Morgan fingerprint density at radius 2 is 2.39 bits per heavy atom. The number of hydrogen-bond acceptors (Lipinski definition) is 5. The molecule has 0 bridgehead atoms. The molecule has 1 aliphatic heterocycles. The van der Waals surface area contributed by atoms with Gasteiger partial charge < -0.3 is 4.74 Å². The smallest absolute Gasteiger partial charge is 0.327 e. The van der Waals surface area contributed by atoms with Gasteiger partial charge in [-0.2, -0.15) is 5.06 Å². The Morgan fingerprint density at radius 3 is 2.94 bits per heavy atom. The zero-order valence-corrected chi connectivity index (χ0v) is 11.5. The van der Waals surface area contributed by atoms with Crippen molar-refractivity contribution in [3.05, 3.63) is 24.3 Å². The molecule has 0 amide bonds. The fourth-order valence-corrected chi connectivity index (χ4v) is 2.05. The molecule has 1 rings (SSSR count). The van der Waals surface area contributed by atoms with Crippen molar-refractivity contribution in [1.29, 1.82) is 0 Å². The fourth-order valence-electron chi connectivity index (χ4n) is 2.05. The first-order chi connectivity index (χ1) is 8.51. The number of hydrogen-bond donors (Lipinski definition) is 0. The molecule has 102 valence electrons. The summed E-state index contributed by atoms with van der Waals surface area (Å²) in [5.41, 5.74) is 1.11. The van der Waals surface area contributed by atoms with E-state index in [1.807, 2.05) is 32.0 Å². The first-order valence-corrected chi connectivity index (χ1v) is 5.94. The molecule has 0 saturated heterocycles. The monoisotopic (exact) mass is 254 g/mol. The highest BCUT2D eigenvalue weighted by molar-refractivity contribution is 5.78. The number of rotatable bonds is 5. The number of esters is 1. The number of carbonyl (C=O) groups excluding carboxylic acids is 1. The quantitative estimate of drug-likeness (QED) is 0.413. The summed E-state index contributed by atoms with van der Waals surface area (Å²) in [4.78, 5) is 19.1.